The van der Waals surface area contributed by atoms with Crippen LogP contribution in [0.3, 0.4) is 0 Å². The zero-order valence-corrected chi connectivity index (χ0v) is 31.8. The number of nitrogens with zero attached hydrogens (tertiary/aromatic N) is 4. The normalized spacial score (nSPS) is 8.00. The summed E-state index contributed by atoms with van der Waals surface area (Å²) in [5, 5.41) is 35.6. The van der Waals surface area contributed by atoms with Gasteiger partial charge in [-0.3, -0.25) is 19.9 Å². The van der Waals surface area contributed by atoms with E-state index in [2.05, 4.69) is 19.9 Å². The molecule has 4 rings (SSSR count). The van der Waals surface area contributed by atoms with Gasteiger partial charge in [-0.1, -0.05) is 24.3 Å². The van der Waals surface area contributed by atoms with Crippen molar-refractivity contribution in [2.75, 3.05) is 0 Å². The third kappa shape index (κ3) is 25.8. The minimum absolute atomic E-state index is 0. The molecule has 0 atom stereocenters. The second-order valence-electron chi connectivity index (χ2n) is 7.58. The fraction of sp³-hybridized carbons (Fsp3) is 0.133. The molecule has 14 nitrogen and oxygen atoms in total. The first-order valence-electron chi connectivity index (χ1n) is 12.0. The Balaban J connectivity index is -0.000000237. The van der Waals surface area contributed by atoms with E-state index in [-0.39, 0.29) is 49.9 Å². The van der Waals surface area contributed by atoms with E-state index in [0.717, 1.165) is 61.6 Å². The molecular formula is C30H34N4O10Zn2+2. The third-order valence-corrected chi connectivity index (χ3v) is 3.93. The average molecular weight is 741 g/mol. The molecule has 16 heteroatoms. The van der Waals surface area contributed by atoms with Gasteiger partial charge < -0.3 is 50.6 Å². The van der Waals surface area contributed by atoms with Gasteiger partial charge >= 0.3 is 39.0 Å². The van der Waals surface area contributed by atoms with E-state index in [9.17, 15) is 0 Å². The molecule has 0 saturated carbocycles. The van der Waals surface area contributed by atoms with Crippen molar-refractivity contribution in [3.05, 3.63) is 120 Å². The number of hydrogen-bond donors (Lipinski definition) is 0. The van der Waals surface area contributed by atoms with Crippen LogP contribution >= 0.6 is 0 Å². The van der Waals surface area contributed by atoms with Gasteiger partial charge in [0.25, 0.3) is 0 Å². The van der Waals surface area contributed by atoms with E-state index >= 15 is 0 Å². The topological polar surface area (TPSA) is 278 Å². The second-order valence-corrected chi connectivity index (χ2v) is 7.58. The van der Waals surface area contributed by atoms with Crippen molar-refractivity contribution < 1.29 is 89.5 Å². The SMILES string of the molecule is CC(=O)[O-].CC(=O)[O-].CC(=O)[O-].CC(=O)[O-].[OH3+].[OH3+].[Zn+2].[Zn+2].c1ccc(C(=C(c2ccccn2)c2ccccn2)c2ccccn2)nc1. The van der Waals surface area contributed by atoms with Crippen molar-refractivity contribution in [2.45, 2.75) is 27.7 Å². The Labute approximate surface area is 291 Å². The van der Waals surface area contributed by atoms with E-state index in [1.807, 2.05) is 72.8 Å². The van der Waals surface area contributed by atoms with Gasteiger partial charge in [-0.2, -0.15) is 0 Å². The first kappa shape index (κ1) is 51.0. The summed E-state index contributed by atoms with van der Waals surface area (Å²) in [6.07, 6.45) is 7.14. The van der Waals surface area contributed by atoms with Crippen molar-refractivity contribution in [3.8, 4) is 0 Å². The Bertz CT molecular complexity index is 1190. The molecule has 6 N–H and O–H groups in total. The minimum atomic E-state index is -1.08. The van der Waals surface area contributed by atoms with Crippen LogP contribution in [0.4, 0.5) is 0 Å². The maximum atomic E-state index is 8.89. The van der Waals surface area contributed by atoms with Crippen LogP contribution in [0.25, 0.3) is 11.1 Å². The number of rotatable bonds is 4. The molecule has 0 saturated heterocycles. The first-order chi connectivity index (χ1) is 19.9. The van der Waals surface area contributed by atoms with Gasteiger partial charge in [0, 0.05) is 59.8 Å². The van der Waals surface area contributed by atoms with E-state index in [0.29, 0.717) is 0 Å². The van der Waals surface area contributed by atoms with Crippen LogP contribution < -0.4 is 20.4 Å². The Kier molecular flexibility index (Phi) is 33.7. The number of carbonyl (C=O) groups excluding carboxylic acids is 4. The van der Waals surface area contributed by atoms with Crippen LogP contribution in [0.1, 0.15) is 50.5 Å². The van der Waals surface area contributed by atoms with Crippen molar-refractivity contribution in [3.63, 3.8) is 0 Å². The standard InChI is InChI=1S/C22H16N4.4C2H4O2.2H2O.2Zn/c1-5-13-23-17(9-1)21(18-10-2-6-14-24-18)22(19-11-3-7-15-25-19)20-12-4-8-16-26-20;4*1-2(3)4;;;;/h1-16H;4*1H3,(H,3,4);2*1H2;;/q;;;;;;;2*+2/p-2. The number of carbonyl (C=O) groups is 4. The predicted molar refractivity (Wildman–Crippen MR) is 154 cm³/mol. The molecule has 4 heterocycles. The number of hydrogen-bond acceptors (Lipinski definition) is 12. The molecule has 0 aromatic carbocycles. The summed E-state index contributed by atoms with van der Waals surface area (Å²) in [7, 11) is 0. The minimum Gasteiger partial charge on any atom is -0.550 e. The van der Waals surface area contributed by atoms with Gasteiger partial charge in [0.05, 0.1) is 22.8 Å². The van der Waals surface area contributed by atoms with Gasteiger partial charge in [0.15, 0.2) is 0 Å². The largest absolute Gasteiger partial charge is 2.00 e. The maximum Gasteiger partial charge on any atom is 2.00 e. The maximum absolute atomic E-state index is 8.89. The van der Waals surface area contributed by atoms with Crippen LogP contribution in [0, 0.1) is 0 Å². The second kappa shape index (κ2) is 30.4. The monoisotopic (exact) mass is 738 g/mol. The Morgan fingerprint density at radius 2 is 0.565 bits per heavy atom. The quantitative estimate of drug-likeness (QED) is 0.154. The van der Waals surface area contributed by atoms with Crippen LogP contribution in [-0.4, -0.2) is 43.8 Å². The number of aliphatic carboxylic acids is 4. The van der Waals surface area contributed by atoms with Gasteiger partial charge in [0.2, 0.25) is 0 Å². The van der Waals surface area contributed by atoms with E-state index in [1.54, 1.807) is 24.8 Å². The van der Waals surface area contributed by atoms with Gasteiger partial charge in [0.1, 0.15) is 0 Å². The molecule has 46 heavy (non-hydrogen) atoms. The summed E-state index contributed by atoms with van der Waals surface area (Å²) >= 11 is 0. The van der Waals surface area contributed by atoms with Crippen LogP contribution in [0.15, 0.2) is 97.6 Å². The van der Waals surface area contributed by atoms with Gasteiger partial charge in [-0.15, -0.1) is 0 Å². The average Bonchev–Trinajstić information content (AvgIpc) is 2.92. The summed E-state index contributed by atoms with van der Waals surface area (Å²) in [4.78, 5) is 53.9. The Morgan fingerprint density at radius 1 is 0.413 bits per heavy atom. The molecule has 0 aliphatic heterocycles. The molecule has 0 bridgehead atoms. The van der Waals surface area contributed by atoms with E-state index < -0.39 is 23.9 Å². The van der Waals surface area contributed by atoms with Crippen LogP contribution in [-0.2, 0) is 69.1 Å². The molecule has 0 fully saturated rings. The fourth-order valence-electron chi connectivity index (χ4n) is 2.82. The van der Waals surface area contributed by atoms with Crippen molar-refractivity contribution in [1.29, 1.82) is 0 Å². The van der Waals surface area contributed by atoms with Crippen LogP contribution in [0.5, 0.6) is 0 Å². The molecule has 4 aromatic rings. The Hall–Kier alpha value is -4.61. The van der Waals surface area contributed by atoms with E-state index in [4.69, 9.17) is 39.6 Å². The number of aromatic nitrogens is 4. The molecule has 0 aliphatic carbocycles. The zero-order chi connectivity index (χ0) is 31.9. The summed E-state index contributed by atoms with van der Waals surface area (Å²) in [5.41, 5.74) is 5.14. The Morgan fingerprint density at radius 3 is 0.674 bits per heavy atom. The number of carboxylic acids is 4. The smallest absolute Gasteiger partial charge is 0.550 e. The molecule has 0 radical (unpaired) electrons. The van der Waals surface area contributed by atoms with Crippen molar-refractivity contribution in [2.24, 2.45) is 0 Å². The molecule has 236 valence electrons. The van der Waals surface area contributed by atoms with Crippen molar-refractivity contribution in [1.82, 2.24) is 19.9 Å². The number of pyridine rings is 4. The van der Waals surface area contributed by atoms with Gasteiger partial charge in [-0.25, -0.2) is 0 Å². The molecule has 4 aromatic heterocycles. The fourth-order valence-corrected chi connectivity index (χ4v) is 2.82. The van der Waals surface area contributed by atoms with Crippen LogP contribution in [0.2, 0.25) is 0 Å². The van der Waals surface area contributed by atoms with Gasteiger partial charge in [-0.05, 0) is 76.2 Å². The molecule has 0 aliphatic rings. The third-order valence-electron chi connectivity index (χ3n) is 3.93. The summed E-state index contributed by atoms with van der Waals surface area (Å²) in [6.45, 7) is 3.89. The summed E-state index contributed by atoms with van der Waals surface area (Å²) < 4.78 is 0. The first-order valence-corrected chi connectivity index (χ1v) is 12.0. The zero-order valence-electron chi connectivity index (χ0n) is 25.9. The molecule has 0 spiro atoms. The molecular weight excluding hydrogens is 707 g/mol. The molecule has 0 unspecified atom stereocenters. The molecule has 0 amide bonds. The summed E-state index contributed by atoms with van der Waals surface area (Å²) in [5.74, 6) is -4.33. The van der Waals surface area contributed by atoms with E-state index in [1.165, 1.54) is 0 Å². The number of carboxylic acid groups (broad SMARTS) is 4. The van der Waals surface area contributed by atoms with Crippen molar-refractivity contribution >= 4 is 35.0 Å². The predicted octanol–water partition coefficient (Wildman–Crippen LogP) is -2.55. The summed E-state index contributed by atoms with van der Waals surface area (Å²) in [6, 6.07) is 23.4.